The molecule has 1 saturated heterocycles. The zero-order valence-corrected chi connectivity index (χ0v) is 15.9. The van der Waals surface area contributed by atoms with Crippen LogP contribution in [0.15, 0.2) is 22.7 Å². The zero-order chi connectivity index (χ0) is 18.4. The van der Waals surface area contributed by atoms with Gasteiger partial charge in [0.05, 0.1) is 16.7 Å². The predicted molar refractivity (Wildman–Crippen MR) is 99.9 cm³/mol. The Bertz CT molecular complexity index is 741. The van der Waals surface area contributed by atoms with Gasteiger partial charge in [0.15, 0.2) is 11.0 Å². The lowest BCUT2D eigenvalue weighted by atomic mass is 10.2. The van der Waals surface area contributed by atoms with Crippen LogP contribution < -0.4 is 11.1 Å². The summed E-state index contributed by atoms with van der Waals surface area (Å²) in [4.78, 5) is 24.2. The molecule has 2 aromatic heterocycles. The number of rotatable bonds is 9. The van der Waals surface area contributed by atoms with E-state index in [0.29, 0.717) is 24.1 Å². The number of ether oxygens (including phenoxy) is 1. The SMILES string of the molecule is NC(=O)CCn1c(SCC(=O)NCC2CCCO2)nnc1-c1cccs1. The van der Waals surface area contributed by atoms with Gasteiger partial charge in [0, 0.05) is 26.1 Å². The molecule has 0 radical (unpaired) electrons. The summed E-state index contributed by atoms with van der Waals surface area (Å²) in [5, 5.41) is 13.8. The standard InChI is InChI=1S/C16H21N5O3S2/c17-13(22)5-6-21-15(12-4-2-8-25-12)19-20-16(21)26-10-14(23)18-9-11-3-1-7-24-11/h2,4,8,11H,1,3,5-7,9-10H2,(H2,17,22)(H,18,23). The Kier molecular flexibility index (Phi) is 6.64. The van der Waals surface area contributed by atoms with Gasteiger partial charge in [-0.1, -0.05) is 17.8 Å². The molecule has 140 valence electrons. The fourth-order valence-electron chi connectivity index (χ4n) is 2.62. The van der Waals surface area contributed by atoms with Crippen molar-refractivity contribution in [2.45, 2.75) is 37.1 Å². The minimum atomic E-state index is -0.388. The average molecular weight is 396 g/mol. The second-order valence-electron chi connectivity index (χ2n) is 5.88. The van der Waals surface area contributed by atoms with Crippen LogP contribution in [-0.4, -0.2) is 51.6 Å². The van der Waals surface area contributed by atoms with E-state index in [1.807, 2.05) is 22.1 Å². The Balaban J connectivity index is 1.60. The number of carbonyl (C=O) groups excluding carboxylic acids is 2. The second-order valence-corrected chi connectivity index (χ2v) is 7.77. The van der Waals surface area contributed by atoms with E-state index in [1.54, 1.807) is 11.3 Å². The molecular weight excluding hydrogens is 374 g/mol. The van der Waals surface area contributed by atoms with Crippen molar-refractivity contribution in [1.29, 1.82) is 0 Å². The molecule has 0 aliphatic carbocycles. The van der Waals surface area contributed by atoms with Crippen molar-refractivity contribution < 1.29 is 14.3 Å². The Labute approximate surface area is 159 Å². The number of thioether (sulfide) groups is 1. The van der Waals surface area contributed by atoms with Crippen LogP contribution in [0.25, 0.3) is 10.7 Å². The van der Waals surface area contributed by atoms with Crippen molar-refractivity contribution in [3.05, 3.63) is 17.5 Å². The molecular formula is C16H21N5O3S2. The molecule has 1 aliphatic rings. The molecule has 0 saturated carbocycles. The Morgan fingerprint density at radius 3 is 3.04 bits per heavy atom. The van der Waals surface area contributed by atoms with Gasteiger partial charge in [0.1, 0.15) is 0 Å². The number of hydrogen-bond acceptors (Lipinski definition) is 7. The summed E-state index contributed by atoms with van der Waals surface area (Å²) >= 11 is 2.84. The van der Waals surface area contributed by atoms with E-state index in [1.165, 1.54) is 11.8 Å². The molecule has 1 aliphatic heterocycles. The molecule has 10 heteroatoms. The Morgan fingerprint density at radius 2 is 2.35 bits per heavy atom. The molecule has 3 N–H and O–H groups in total. The number of nitrogens with one attached hydrogen (secondary N) is 1. The maximum absolute atomic E-state index is 12.1. The van der Waals surface area contributed by atoms with Gasteiger partial charge in [-0.05, 0) is 24.3 Å². The highest BCUT2D eigenvalue weighted by Gasteiger charge is 2.18. The van der Waals surface area contributed by atoms with Crippen LogP contribution in [0, 0.1) is 0 Å². The van der Waals surface area contributed by atoms with Crippen LogP contribution in [0.2, 0.25) is 0 Å². The fraction of sp³-hybridized carbons (Fsp3) is 0.500. The summed E-state index contributed by atoms with van der Waals surface area (Å²) in [5.74, 6) is 0.448. The number of hydrogen-bond donors (Lipinski definition) is 2. The second kappa shape index (κ2) is 9.15. The highest BCUT2D eigenvalue weighted by Crippen LogP contribution is 2.27. The molecule has 1 atom stereocenters. The Hall–Kier alpha value is -1.91. The fourth-order valence-corrected chi connectivity index (χ4v) is 4.13. The highest BCUT2D eigenvalue weighted by molar-refractivity contribution is 7.99. The van der Waals surface area contributed by atoms with Gasteiger partial charge < -0.3 is 20.4 Å². The topological polar surface area (TPSA) is 112 Å². The van der Waals surface area contributed by atoms with Gasteiger partial charge in [0.2, 0.25) is 11.8 Å². The largest absolute Gasteiger partial charge is 0.376 e. The monoisotopic (exact) mass is 395 g/mol. The van der Waals surface area contributed by atoms with E-state index in [9.17, 15) is 9.59 Å². The van der Waals surface area contributed by atoms with Gasteiger partial charge in [-0.2, -0.15) is 0 Å². The van der Waals surface area contributed by atoms with Gasteiger partial charge in [-0.15, -0.1) is 21.5 Å². The molecule has 2 amide bonds. The third-order valence-corrected chi connectivity index (χ3v) is 5.76. The third-order valence-electron chi connectivity index (χ3n) is 3.92. The summed E-state index contributed by atoms with van der Waals surface area (Å²) in [6, 6.07) is 3.87. The van der Waals surface area contributed by atoms with Crippen molar-refractivity contribution in [3.63, 3.8) is 0 Å². The van der Waals surface area contributed by atoms with Crippen molar-refractivity contribution in [3.8, 4) is 10.7 Å². The Morgan fingerprint density at radius 1 is 1.46 bits per heavy atom. The molecule has 0 aromatic carbocycles. The summed E-state index contributed by atoms with van der Waals surface area (Å²) in [7, 11) is 0. The number of nitrogens with two attached hydrogens (primary N) is 1. The van der Waals surface area contributed by atoms with Crippen LogP contribution in [0.5, 0.6) is 0 Å². The zero-order valence-electron chi connectivity index (χ0n) is 14.2. The van der Waals surface area contributed by atoms with E-state index in [4.69, 9.17) is 10.5 Å². The molecule has 1 fully saturated rings. The van der Waals surface area contributed by atoms with Crippen molar-refractivity contribution in [2.75, 3.05) is 18.9 Å². The van der Waals surface area contributed by atoms with Crippen LogP contribution in [0.4, 0.5) is 0 Å². The van der Waals surface area contributed by atoms with E-state index in [-0.39, 0.29) is 30.1 Å². The molecule has 0 spiro atoms. The maximum atomic E-state index is 12.1. The van der Waals surface area contributed by atoms with E-state index < -0.39 is 0 Å². The van der Waals surface area contributed by atoms with Crippen molar-refractivity contribution >= 4 is 34.9 Å². The first kappa shape index (κ1) is 18.9. The number of primary amides is 1. The first-order valence-electron chi connectivity index (χ1n) is 8.40. The number of carbonyl (C=O) groups is 2. The van der Waals surface area contributed by atoms with Gasteiger partial charge in [0.25, 0.3) is 0 Å². The van der Waals surface area contributed by atoms with Gasteiger partial charge in [-0.25, -0.2) is 0 Å². The van der Waals surface area contributed by atoms with E-state index >= 15 is 0 Å². The normalized spacial score (nSPS) is 16.7. The first-order valence-corrected chi connectivity index (χ1v) is 10.3. The molecule has 1 unspecified atom stereocenters. The molecule has 3 rings (SSSR count). The minimum absolute atomic E-state index is 0.0763. The maximum Gasteiger partial charge on any atom is 0.230 e. The third kappa shape index (κ3) is 5.05. The summed E-state index contributed by atoms with van der Waals surface area (Å²) in [6.45, 7) is 1.69. The van der Waals surface area contributed by atoms with Gasteiger partial charge >= 0.3 is 0 Å². The lowest BCUT2D eigenvalue weighted by Crippen LogP contribution is -2.33. The number of thiophene rings is 1. The molecule has 2 aromatic rings. The minimum Gasteiger partial charge on any atom is -0.376 e. The molecule has 8 nitrogen and oxygen atoms in total. The van der Waals surface area contributed by atoms with E-state index in [2.05, 4.69) is 15.5 Å². The quantitative estimate of drug-likeness (QED) is 0.619. The van der Waals surface area contributed by atoms with Crippen LogP contribution in [-0.2, 0) is 20.9 Å². The first-order chi connectivity index (χ1) is 12.6. The lowest BCUT2D eigenvalue weighted by Gasteiger charge is -2.11. The molecule has 26 heavy (non-hydrogen) atoms. The smallest absolute Gasteiger partial charge is 0.230 e. The highest BCUT2D eigenvalue weighted by atomic mass is 32.2. The summed E-state index contributed by atoms with van der Waals surface area (Å²) in [6.07, 6.45) is 2.34. The van der Waals surface area contributed by atoms with Crippen LogP contribution >= 0.6 is 23.1 Å². The molecule has 0 bridgehead atoms. The van der Waals surface area contributed by atoms with Crippen LogP contribution in [0.3, 0.4) is 0 Å². The van der Waals surface area contributed by atoms with Crippen molar-refractivity contribution in [2.24, 2.45) is 5.73 Å². The number of nitrogens with zero attached hydrogens (tertiary/aromatic N) is 3. The van der Waals surface area contributed by atoms with Gasteiger partial charge in [-0.3, -0.25) is 9.59 Å². The summed E-state index contributed by atoms with van der Waals surface area (Å²) in [5.41, 5.74) is 5.28. The summed E-state index contributed by atoms with van der Waals surface area (Å²) < 4.78 is 7.34. The average Bonchev–Trinajstić information content (AvgIpc) is 3.37. The number of aromatic nitrogens is 3. The van der Waals surface area contributed by atoms with Crippen molar-refractivity contribution in [1.82, 2.24) is 20.1 Å². The molecule has 3 heterocycles. The van der Waals surface area contributed by atoms with Crippen LogP contribution in [0.1, 0.15) is 19.3 Å². The lowest BCUT2D eigenvalue weighted by molar-refractivity contribution is -0.119. The number of amides is 2. The van der Waals surface area contributed by atoms with E-state index in [0.717, 1.165) is 24.3 Å². The predicted octanol–water partition coefficient (Wildman–Crippen LogP) is 1.27.